The highest BCUT2D eigenvalue weighted by atomic mass is 16.2. The molecule has 0 saturated carbocycles. The number of likely N-dealkylation sites (tertiary alicyclic amines) is 1. The Morgan fingerprint density at radius 2 is 1.73 bits per heavy atom. The number of carbonyl (C=O) groups is 4. The summed E-state index contributed by atoms with van der Waals surface area (Å²) >= 11 is 0. The van der Waals surface area contributed by atoms with Crippen molar-refractivity contribution in [2.75, 3.05) is 30.8 Å². The first kappa shape index (κ1) is 26.7. The summed E-state index contributed by atoms with van der Waals surface area (Å²) in [6.07, 6.45) is 0.222. The standard InChI is InChI=1S/C32H33N5O4/c1-19-14-20(16-36-17-23(18-36)21-8-10-24(33-2)11-9-21)6-7-22(19)15-34-26-5-3-4-25-29(26)32(41)37(31(25)40)27-12-13-28(38)35-30(27)39/h3-11,14,23,27,33-34H,12-13,15-18H2,1-2H3,(H,35,38,39). The number of fused-ring (bicyclic) bond motifs is 1. The Morgan fingerprint density at radius 3 is 2.44 bits per heavy atom. The number of anilines is 2. The normalized spacial score (nSPS) is 19.2. The Bertz CT molecular complexity index is 1540. The van der Waals surface area contributed by atoms with Gasteiger partial charge in [0.1, 0.15) is 6.04 Å². The van der Waals surface area contributed by atoms with Crippen LogP contribution in [0.1, 0.15) is 61.7 Å². The smallest absolute Gasteiger partial charge is 0.264 e. The topological polar surface area (TPSA) is 111 Å². The molecular weight excluding hydrogens is 518 g/mol. The average molecular weight is 552 g/mol. The van der Waals surface area contributed by atoms with Crippen LogP contribution >= 0.6 is 0 Å². The van der Waals surface area contributed by atoms with Crippen LogP contribution in [-0.2, 0) is 22.7 Å². The van der Waals surface area contributed by atoms with Gasteiger partial charge in [-0.1, -0.05) is 36.4 Å². The highest BCUT2D eigenvalue weighted by Gasteiger charge is 2.45. The van der Waals surface area contributed by atoms with Gasteiger partial charge < -0.3 is 10.6 Å². The van der Waals surface area contributed by atoms with Crippen molar-refractivity contribution in [3.63, 3.8) is 0 Å². The summed E-state index contributed by atoms with van der Waals surface area (Å²) in [6.45, 7) is 5.55. The predicted octanol–water partition coefficient (Wildman–Crippen LogP) is 3.65. The lowest BCUT2D eigenvalue weighted by Crippen LogP contribution is -2.54. The molecule has 0 spiro atoms. The minimum absolute atomic E-state index is 0.0906. The van der Waals surface area contributed by atoms with E-state index in [0.29, 0.717) is 18.2 Å². The van der Waals surface area contributed by atoms with Crippen LogP contribution in [0, 0.1) is 6.92 Å². The fourth-order valence-electron chi connectivity index (χ4n) is 6.00. The molecule has 3 aromatic rings. The van der Waals surface area contributed by atoms with Crippen molar-refractivity contribution in [2.24, 2.45) is 0 Å². The van der Waals surface area contributed by atoms with Gasteiger partial charge in [-0.15, -0.1) is 0 Å². The summed E-state index contributed by atoms with van der Waals surface area (Å²) in [4.78, 5) is 53.8. The van der Waals surface area contributed by atoms with Crippen molar-refractivity contribution in [3.05, 3.63) is 94.0 Å². The van der Waals surface area contributed by atoms with Gasteiger partial charge in [0.05, 0.1) is 11.1 Å². The van der Waals surface area contributed by atoms with Crippen molar-refractivity contribution >= 4 is 35.0 Å². The maximum absolute atomic E-state index is 13.3. The Morgan fingerprint density at radius 1 is 0.951 bits per heavy atom. The molecule has 3 heterocycles. The molecule has 3 aliphatic heterocycles. The lowest BCUT2D eigenvalue weighted by atomic mass is 9.90. The molecule has 4 amide bonds. The molecule has 210 valence electrons. The molecule has 9 heteroatoms. The van der Waals surface area contributed by atoms with E-state index in [9.17, 15) is 19.2 Å². The van der Waals surface area contributed by atoms with E-state index >= 15 is 0 Å². The molecule has 9 nitrogen and oxygen atoms in total. The largest absolute Gasteiger partial charge is 0.388 e. The van der Waals surface area contributed by atoms with E-state index in [4.69, 9.17) is 0 Å². The third-order valence-electron chi connectivity index (χ3n) is 8.38. The maximum atomic E-state index is 13.3. The maximum Gasteiger partial charge on any atom is 0.264 e. The van der Waals surface area contributed by atoms with E-state index in [1.807, 2.05) is 7.05 Å². The summed E-state index contributed by atoms with van der Waals surface area (Å²) in [5, 5.41) is 8.74. The van der Waals surface area contributed by atoms with Gasteiger partial charge in [-0.05, 0) is 59.9 Å². The van der Waals surface area contributed by atoms with E-state index in [1.165, 1.54) is 11.1 Å². The van der Waals surface area contributed by atoms with Gasteiger partial charge in [0.25, 0.3) is 11.8 Å². The minimum atomic E-state index is -0.983. The molecule has 0 radical (unpaired) electrons. The van der Waals surface area contributed by atoms with Crippen molar-refractivity contribution in [2.45, 2.75) is 44.8 Å². The molecular formula is C32H33N5O4. The minimum Gasteiger partial charge on any atom is -0.388 e. The van der Waals surface area contributed by atoms with Gasteiger partial charge in [0.2, 0.25) is 11.8 Å². The van der Waals surface area contributed by atoms with Crippen molar-refractivity contribution in [1.29, 1.82) is 0 Å². The second kappa shape index (κ2) is 10.8. The summed E-state index contributed by atoms with van der Waals surface area (Å²) in [6, 6.07) is 19.2. The molecule has 2 saturated heterocycles. The van der Waals surface area contributed by atoms with Crippen LogP contribution in [0.25, 0.3) is 0 Å². The van der Waals surface area contributed by atoms with Gasteiger partial charge in [0.15, 0.2) is 0 Å². The van der Waals surface area contributed by atoms with Crippen LogP contribution < -0.4 is 16.0 Å². The molecule has 0 aliphatic carbocycles. The highest BCUT2D eigenvalue weighted by Crippen LogP contribution is 2.33. The molecule has 41 heavy (non-hydrogen) atoms. The molecule has 3 aromatic carbocycles. The van der Waals surface area contributed by atoms with Gasteiger partial charge in [-0.3, -0.25) is 34.3 Å². The fourth-order valence-corrected chi connectivity index (χ4v) is 6.00. The van der Waals surface area contributed by atoms with E-state index in [1.54, 1.807) is 18.2 Å². The molecule has 6 rings (SSSR count). The van der Waals surface area contributed by atoms with Crippen LogP contribution in [0.4, 0.5) is 11.4 Å². The van der Waals surface area contributed by atoms with E-state index < -0.39 is 29.7 Å². The first-order valence-electron chi connectivity index (χ1n) is 14.0. The van der Waals surface area contributed by atoms with Crippen LogP contribution in [0.3, 0.4) is 0 Å². The Kier molecular flexibility index (Phi) is 7.05. The third-order valence-corrected chi connectivity index (χ3v) is 8.38. The monoisotopic (exact) mass is 551 g/mol. The number of aryl methyl sites for hydroxylation is 1. The second-order valence-electron chi connectivity index (χ2n) is 11.1. The van der Waals surface area contributed by atoms with Gasteiger partial charge in [-0.2, -0.15) is 0 Å². The molecule has 1 unspecified atom stereocenters. The molecule has 3 N–H and O–H groups in total. The summed E-state index contributed by atoms with van der Waals surface area (Å²) in [7, 11) is 1.93. The Labute approximate surface area is 238 Å². The van der Waals surface area contributed by atoms with Crippen molar-refractivity contribution in [1.82, 2.24) is 15.1 Å². The predicted molar refractivity (Wildman–Crippen MR) is 156 cm³/mol. The Balaban J connectivity index is 1.08. The van der Waals surface area contributed by atoms with Crippen molar-refractivity contribution < 1.29 is 19.2 Å². The number of rotatable bonds is 8. The number of imide groups is 2. The van der Waals surface area contributed by atoms with Crippen LogP contribution in [0.15, 0.2) is 60.7 Å². The SMILES string of the molecule is CNc1ccc(C2CN(Cc3ccc(CNc4cccc5c4C(=O)N(C4CCC(=O)NC4=O)C5=O)c(C)c3)C2)cc1. The number of piperidine rings is 1. The average Bonchev–Trinajstić information content (AvgIpc) is 3.20. The van der Waals surface area contributed by atoms with Crippen LogP contribution in [0.5, 0.6) is 0 Å². The Hall–Kier alpha value is -4.50. The van der Waals surface area contributed by atoms with E-state index in [-0.39, 0.29) is 24.0 Å². The molecule has 3 aliphatic rings. The van der Waals surface area contributed by atoms with E-state index in [2.05, 4.69) is 70.2 Å². The summed E-state index contributed by atoms with van der Waals surface area (Å²) in [5.41, 5.74) is 7.09. The van der Waals surface area contributed by atoms with Gasteiger partial charge >= 0.3 is 0 Å². The fraction of sp³-hybridized carbons (Fsp3) is 0.312. The zero-order valence-electron chi connectivity index (χ0n) is 23.2. The van der Waals surface area contributed by atoms with Crippen LogP contribution in [0.2, 0.25) is 0 Å². The van der Waals surface area contributed by atoms with Gasteiger partial charge in [0, 0.05) is 56.9 Å². The molecule has 2 fully saturated rings. The molecule has 0 bridgehead atoms. The third kappa shape index (κ3) is 5.09. The number of nitrogens with zero attached hydrogens (tertiary/aromatic N) is 2. The number of amides is 4. The summed E-state index contributed by atoms with van der Waals surface area (Å²) in [5.74, 6) is -1.46. The number of benzene rings is 3. The number of nitrogens with one attached hydrogen (secondary N) is 3. The molecule has 0 aromatic heterocycles. The van der Waals surface area contributed by atoms with E-state index in [0.717, 1.165) is 41.3 Å². The first-order valence-corrected chi connectivity index (χ1v) is 14.0. The zero-order valence-corrected chi connectivity index (χ0v) is 23.2. The number of hydrogen-bond acceptors (Lipinski definition) is 7. The lowest BCUT2D eigenvalue weighted by Gasteiger charge is -2.39. The van der Waals surface area contributed by atoms with Crippen LogP contribution in [-0.4, -0.2) is 59.6 Å². The first-order chi connectivity index (χ1) is 19.8. The molecule has 1 atom stereocenters. The quantitative estimate of drug-likeness (QED) is 0.367. The summed E-state index contributed by atoms with van der Waals surface area (Å²) < 4.78 is 0. The lowest BCUT2D eigenvalue weighted by molar-refractivity contribution is -0.136. The highest BCUT2D eigenvalue weighted by molar-refractivity contribution is 6.25. The zero-order chi connectivity index (χ0) is 28.7. The number of hydrogen-bond donors (Lipinski definition) is 3. The number of carbonyl (C=O) groups excluding carboxylic acids is 4. The second-order valence-corrected chi connectivity index (χ2v) is 11.1. The van der Waals surface area contributed by atoms with Gasteiger partial charge in [-0.25, -0.2) is 0 Å². The van der Waals surface area contributed by atoms with Crippen molar-refractivity contribution in [3.8, 4) is 0 Å².